The van der Waals surface area contributed by atoms with Crippen LogP contribution in [0.3, 0.4) is 0 Å². The number of nitrogens with one attached hydrogen (secondary N) is 2. The molecule has 3 aromatic rings. The van der Waals surface area contributed by atoms with Gasteiger partial charge < -0.3 is 21.1 Å². The molecule has 0 aliphatic carbocycles. The van der Waals surface area contributed by atoms with Crippen molar-refractivity contribution in [3.8, 4) is 5.75 Å². The van der Waals surface area contributed by atoms with Gasteiger partial charge in [0.1, 0.15) is 17.8 Å². The van der Waals surface area contributed by atoms with Gasteiger partial charge >= 0.3 is 12.5 Å². The van der Waals surface area contributed by atoms with Gasteiger partial charge in [0.05, 0.1) is 10.6 Å². The average molecular weight is 464 g/mol. The first kappa shape index (κ1) is 22.3. The third-order valence-corrected chi connectivity index (χ3v) is 4.10. The van der Waals surface area contributed by atoms with Crippen LogP contribution in [0.25, 0.3) is 0 Å². The number of nitrogens with zero attached hydrogens (tertiary/aromatic N) is 2. The lowest BCUT2D eigenvalue weighted by Crippen LogP contribution is -2.17. The lowest BCUT2D eigenvalue weighted by atomic mass is 10.2. The van der Waals surface area contributed by atoms with E-state index in [1.807, 2.05) is 0 Å². The summed E-state index contributed by atoms with van der Waals surface area (Å²) in [6.07, 6.45) is -8.37. The number of nitrogens with two attached hydrogens (primary N) is 1. The van der Waals surface area contributed by atoms with Crippen molar-refractivity contribution in [1.82, 2.24) is 9.97 Å². The molecule has 0 saturated carbocycles. The standard InChI is InChI=1S/C18H12ClF6N5O/c19-13-6-3-10(7-12(13)17(20,21)22)30-16-14(26)15(27-8-28-16)29-9-1-4-11(5-2-9)31-18(23,24)25/h1-8H,26H2,(H2,27,28,29,30). The van der Waals surface area contributed by atoms with Crippen LogP contribution in [0, 0.1) is 0 Å². The number of hydrogen-bond donors (Lipinski definition) is 3. The van der Waals surface area contributed by atoms with Crippen molar-refractivity contribution in [1.29, 1.82) is 0 Å². The van der Waals surface area contributed by atoms with Gasteiger partial charge in [-0.2, -0.15) is 13.2 Å². The molecule has 0 aliphatic heterocycles. The number of ether oxygens (including phenoxy) is 1. The molecule has 13 heteroatoms. The first-order valence-corrected chi connectivity index (χ1v) is 8.67. The minimum Gasteiger partial charge on any atom is -0.406 e. The Kier molecular flexibility index (Phi) is 6.02. The van der Waals surface area contributed by atoms with Crippen LogP contribution in [0.15, 0.2) is 48.8 Å². The van der Waals surface area contributed by atoms with E-state index in [1.165, 1.54) is 18.2 Å². The van der Waals surface area contributed by atoms with Crippen molar-refractivity contribution in [2.75, 3.05) is 16.4 Å². The van der Waals surface area contributed by atoms with Gasteiger partial charge in [-0.05, 0) is 42.5 Å². The van der Waals surface area contributed by atoms with Crippen LogP contribution in [-0.2, 0) is 6.18 Å². The van der Waals surface area contributed by atoms with Crippen molar-refractivity contribution in [2.24, 2.45) is 0 Å². The van der Waals surface area contributed by atoms with Crippen LogP contribution in [0.4, 0.5) is 55.0 Å². The summed E-state index contributed by atoms with van der Waals surface area (Å²) in [6, 6.07) is 7.95. The van der Waals surface area contributed by atoms with Gasteiger partial charge in [-0.3, -0.25) is 0 Å². The average Bonchev–Trinajstić information content (AvgIpc) is 2.66. The molecule has 0 radical (unpaired) electrons. The summed E-state index contributed by atoms with van der Waals surface area (Å²) in [7, 11) is 0. The Bertz CT molecular complexity index is 1070. The van der Waals surface area contributed by atoms with Crippen LogP contribution in [0.1, 0.15) is 5.56 Å². The monoisotopic (exact) mass is 463 g/mol. The van der Waals surface area contributed by atoms with E-state index in [4.69, 9.17) is 17.3 Å². The number of nitrogen functional groups attached to an aromatic ring is 1. The fourth-order valence-electron chi connectivity index (χ4n) is 2.43. The fourth-order valence-corrected chi connectivity index (χ4v) is 2.65. The van der Waals surface area contributed by atoms with Crippen LogP contribution in [0.2, 0.25) is 5.02 Å². The molecule has 0 fully saturated rings. The smallest absolute Gasteiger partial charge is 0.406 e. The molecule has 31 heavy (non-hydrogen) atoms. The first-order valence-electron chi connectivity index (χ1n) is 8.29. The number of anilines is 5. The van der Waals surface area contributed by atoms with Crippen LogP contribution in [-0.4, -0.2) is 16.3 Å². The van der Waals surface area contributed by atoms with Crippen molar-refractivity contribution in [3.63, 3.8) is 0 Å². The minimum atomic E-state index is -4.82. The lowest BCUT2D eigenvalue weighted by molar-refractivity contribution is -0.274. The Balaban J connectivity index is 1.79. The van der Waals surface area contributed by atoms with E-state index in [2.05, 4.69) is 25.3 Å². The maximum absolute atomic E-state index is 13.0. The molecule has 0 saturated heterocycles. The molecular formula is C18H12ClF6N5O. The van der Waals surface area contributed by atoms with E-state index in [0.717, 1.165) is 30.6 Å². The highest BCUT2D eigenvalue weighted by Gasteiger charge is 2.33. The zero-order valence-corrected chi connectivity index (χ0v) is 15.9. The molecule has 1 aromatic heterocycles. The lowest BCUT2D eigenvalue weighted by Gasteiger charge is -2.15. The van der Waals surface area contributed by atoms with E-state index < -0.39 is 28.9 Å². The van der Waals surface area contributed by atoms with Gasteiger partial charge in [0.25, 0.3) is 0 Å². The van der Waals surface area contributed by atoms with Gasteiger partial charge in [-0.25, -0.2) is 9.97 Å². The van der Waals surface area contributed by atoms with Gasteiger partial charge in [-0.1, -0.05) is 11.6 Å². The van der Waals surface area contributed by atoms with Gasteiger partial charge in [0, 0.05) is 11.4 Å². The summed E-state index contributed by atoms with van der Waals surface area (Å²) < 4.78 is 79.6. The molecule has 4 N–H and O–H groups in total. The summed E-state index contributed by atoms with van der Waals surface area (Å²) >= 11 is 5.60. The summed E-state index contributed by atoms with van der Waals surface area (Å²) in [5.41, 5.74) is 5.26. The van der Waals surface area contributed by atoms with Crippen LogP contribution in [0.5, 0.6) is 5.75 Å². The molecule has 6 nitrogen and oxygen atoms in total. The van der Waals surface area contributed by atoms with Crippen molar-refractivity contribution < 1.29 is 31.1 Å². The SMILES string of the molecule is Nc1c(Nc2ccc(OC(F)(F)F)cc2)ncnc1Nc1ccc(Cl)c(C(F)(F)F)c1. The van der Waals surface area contributed by atoms with E-state index in [9.17, 15) is 26.3 Å². The van der Waals surface area contributed by atoms with Crippen LogP contribution >= 0.6 is 11.6 Å². The second kappa shape index (κ2) is 8.38. The number of rotatable bonds is 5. The third-order valence-electron chi connectivity index (χ3n) is 3.77. The predicted molar refractivity (Wildman–Crippen MR) is 103 cm³/mol. The number of hydrogen-bond acceptors (Lipinski definition) is 6. The zero-order valence-electron chi connectivity index (χ0n) is 15.1. The van der Waals surface area contributed by atoms with Crippen molar-refractivity contribution in [2.45, 2.75) is 12.5 Å². The van der Waals surface area contributed by atoms with Gasteiger partial charge in [-0.15, -0.1) is 13.2 Å². The number of benzene rings is 2. The Hall–Kier alpha value is -3.41. The normalized spacial score (nSPS) is 11.8. The minimum absolute atomic E-state index is 0.00460. The quantitative estimate of drug-likeness (QED) is 0.395. The largest absolute Gasteiger partial charge is 0.573 e. The molecule has 0 bridgehead atoms. The van der Waals surface area contributed by atoms with E-state index in [1.54, 1.807) is 0 Å². The molecule has 0 amide bonds. The Labute approximate surface area is 176 Å². The van der Waals surface area contributed by atoms with E-state index >= 15 is 0 Å². The Morgan fingerprint density at radius 1 is 0.839 bits per heavy atom. The molecule has 3 rings (SSSR count). The van der Waals surface area contributed by atoms with Gasteiger partial charge in [0.15, 0.2) is 11.6 Å². The number of halogens is 7. The molecule has 164 valence electrons. The maximum Gasteiger partial charge on any atom is 0.573 e. The summed E-state index contributed by atoms with van der Waals surface area (Å²) in [5, 5.41) is 4.97. The second-order valence-electron chi connectivity index (χ2n) is 6.00. The van der Waals surface area contributed by atoms with E-state index in [0.29, 0.717) is 5.69 Å². The third kappa shape index (κ3) is 5.81. The molecule has 1 heterocycles. The molecule has 2 aromatic carbocycles. The molecule has 0 atom stereocenters. The molecular weight excluding hydrogens is 452 g/mol. The highest BCUT2D eigenvalue weighted by Crippen LogP contribution is 2.37. The predicted octanol–water partition coefficient (Wildman–Crippen LogP) is 6.12. The zero-order chi connectivity index (χ0) is 22.8. The second-order valence-corrected chi connectivity index (χ2v) is 6.41. The molecule has 0 aliphatic rings. The highest BCUT2D eigenvalue weighted by atomic mass is 35.5. The first-order chi connectivity index (χ1) is 14.4. The van der Waals surface area contributed by atoms with Crippen molar-refractivity contribution in [3.05, 3.63) is 59.4 Å². The summed E-state index contributed by atoms with van der Waals surface area (Å²) in [5.74, 6) is -0.337. The Morgan fingerprint density at radius 2 is 1.39 bits per heavy atom. The number of aromatic nitrogens is 2. The van der Waals surface area contributed by atoms with E-state index in [-0.39, 0.29) is 23.0 Å². The summed E-state index contributed by atoms with van der Waals surface area (Å²) in [6.45, 7) is 0. The Morgan fingerprint density at radius 3 is 1.94 bits per heavy atom. The maximum atomic E-state index is 13.0. The molecule has 0 unspecified atom stereocenters. The topological polar surface area (TPSA) is 85.1 Å². The van der Waals surface area contributed by atoms with Crippen molar-refractivity contribution >= 4 is 40.3 Å². The molecule has 0 spiro atoms. The summed E-state index contributed by atoms with van der Waals surface area (Å²) in [4.78, 5) is 7.83. The number of alkyl halides is 6. The van der Waals surface area contributed by atoms with Gasteiger partial charge in [0.2, 0.25) is 0 Å². The van der Waals surface area contributed by atoms with Crippen LogP contribution < -0.4 is 21.1 Å². The fraction of sp³-hybridized carbons (Fsp3) is 0.111. The highest BCUT2D eigenvalue weighted by molar-refractivity contribution is 6.31.